The Labute approximate surface area is 99.1 Å². The first-order valence-electron chi connectivity index (χ1n) is 5.43. The summed E-state index contributed by atoms with van der Waals surface area (Å²) in [5.41, 5.74) is 0.202. The molecule has 16 heavy (non-hydrogen) atoms. The van der Waals surface area contributed by atoms with Crippen LogP contribution in [-0.4, -0.2) is 33.1 Å². The molecule has 2 heterocycles. The summed E-state index contributed by atoms with van der Waals surface area (Å²) in [6, 6.07) is 0. The number of hydrogen-bond donors (Lipinski definition) is 1. The number of nitrogens with zero attached hydrogens (tertiary/aromatic N) is 3. The van der Waals surface area contributed by atoms with Crippen LogP contribution in [0.15, 0.2) is 15.8 Å². The van der Waals surface area contributed by atoms with E-state index in [1.165, 1.54) is 6.33 Å². The average molecular weight is 240 g/mol. The predicted octanol–water partition coefficient (Wildman–Crippen LogP) is 1.47. The molecule has 88 valence electrons. The fourth-order valence-electron chi connectivity index (χ4n) is 1.39. The molecule has 1 unspecified atom stereocenters. The molecule has 0 aromatic carbocycles. The minimum absolute atomic E-state index is 0.202. The summed E-state index contributed by atoms with van der Waals surface area (Å²) in [6.07, 6.45) is 3.23. The van der Waals surface area contributed by atoms with Crippen LogP contribution in [0.25, 0.3) is 0 Å². The van der Waals surface area contributed by atoms with Gasteiger partial charge in [-0.2, -0.15) is 4.98 Å². The largest absolute Gasteiger partial charge is 0.359 e. The third-order valence-corrected chi connectivity index (χ3v) is 3.99. The van der Waals surface area contributed by atoms with Crippen LogP contribution < -0.4 is 5.32 Å². The second-order valence-electron chi connectivity index (χ2n) is 4.10. The average Bonchev–Trinajstić information content (AvgIpc) is 2.90. The van der Waals surface area contributed by atoms with Gasteiger partial charge in [0.15, 0.2) is 11.5 Å². The van der Waals surface area contributed by atoms with Gasteiger partial charge in [-0.15, -0.1) is 0 Å². The summed E-state index contributed by atoms with van der Waals surface area (Å²) in [5, 5.41) is 8.03. The molecule has 2 rings (SSSR count). The first-order valence-corrected chi connectivity index (χ1v) is 6.41. The normalized spacial score (nSPS) is 27.2. The van der Waals surface area contributed by atoms with Gasteiger partial charge >= 0.3 is 0 Å². The highest BCUT2D eigenvalue weighted by atomic mass is 32.2. The smallest absolute Gasteiger partial charge is 0.228 e. The lowest BCUT2D eigenvalue weighted by atomic mass is 10.0. The van der Waals surface area contributed by atoms with E-state index in [-0.39, 0.29) is 5.54 Å². The van der Waals surface area contributed by atoms with Crippen LogP contribution in [0.4, 0.5) is 0 Å². The van der Waals surface area contributed by atoms with E-state index in [1.807, 2.05) is 0 Å². The highest BCUT2D eigenvalue weighted by Crippen LogP contribution is 2.25. The molecule has 1 atom stereocenters. The molecule has 1 aromatic heterocycles. The molecular weight excluding hydrogens is 224 g/mol. The van der Waals surface area contributed by atoms with Gasteiger partial charge in [0.1, 0.15) is 0 Å². The van der Waals surface area contributed by atoms with Crippen molar-refractivity contribution in [1.82, 2.24) is 15.5 Å². The van der Waals surface area contributed by atoms with Crippen LogP contribution in [-0.2, 0) is 6.42 Å². The molecule has 1 saturated heterocycles. The first kappa shape index (κ1) is 11.4. The van der Waals surface area contributed by atoms with Crippen molar-refractivity contribution < 1.29 is 4.52 Å². The van der Waals surface area contributed by atoms with Gasteiger partial charge in [-0.05, 0) is 13.3 Å². The summed E-state index contributed by atoms with van der Waals surface area (Å²) in [6.45, 7) is 5.10. The molecular formula is C10H16N4OS. The van der Waals surface area contributed by atoms with Crippen molar-refractivity contribution in [1.29, 1.82) is 0 Å². The van der Waals surface area contributed by atoms with Gasteiger partial charge in [-0.25, -0.2) is 0 Å². The SMILES string of the molecule is CCC1(C)CSC(=NCCc2ncno2)N1. The van der Waals surface area contributed by atoms with Gasteiger partial charge in [0, 0.05) is 17.7 Å². The fraction of sp³-hybridized carbons (Fsp3) is 0.700. The molecule has 1 fully saturated rings. The lowest BCUT2D eigenvalue weighted by Gasteiger charge is -2.20. The molecule has 1 N–H and O–H groups in total. The Balaban J connectivity index is 1.81. The summed E-state index contributed by atoms with van der Waals surface area (Å²) in [7, 11) is 0. The van der Waals surface area contributed by atoms with Crippen LogP contribution in [0.3, 0.4) is 0 Å². The van der Waals surface area contributed by atoms with E-state index >= 15 is 0 Å². The topological polar surface area (TPSA) is 63.3 Å². The Morgan fingerprint density at radius 1 is 1.69 bits per heavy atom. The molecule has 0 amide bonds. The monoisotopic (exact) mass is 240 g/mol. The van der Waals surface area contributed by atoms with Crippen LogP contribution in [0.5, 0.6) is 0 Å². The van der Waals surface area contributed by atoms with E-state index < -0.39 is 0 Å². The zero-order valence-corrected chi connectivity index (χ0v) is 10.4. The Hall–Kier alpha value is -1.04. The molecule has 0 spiro atoms. The van der Waals surface area contributed by atoms with Crippen LogP contribution in [0, 0.1) is 0 Å². The molecule has 1 aliphatic heterocycles. The number of amidine groups is 1. The number of nitrogens with one attached hydrogen (secondary N) is 1. The van der Waals surface area contributed by atoms with Crippen molar-refractivity contribution >= 4 is 16.9 Å². The third-order valence-electron chi connectivity index (χ3n) is 2.70. The lowest BCUT2D eigenvalue weighted by molar-refractivity contribution is 0.379. The first-order chi connectivity index (χ1) is 7.72. The van der Waals surface area contributed by atoms with Crippen molar-refractivity contribution in [2.45, 2.75) is 32.2 Å². The molecule has 0 aliphatic carbocycles. The van der Waals surface area contributed by atoms with Crippen molar-refractivity contribution in [3.63, 3.8) is 0 Å². The molecule has 1 aromatic rings. The minimum Gasteiger partial charge on any atom is -0.359 e. The quantitative estimate of drug-likeness (QED) is 0.863. The van der Waals surface area contributed by atoms with Gasteiger partial charge < -0.3 is 9.84 Å². The maximum atomic E-state index is 4.90. The molecule has 0 bridgehead atoms. The van der Waals surface area contributed by atoms with Crippen molar-refractivity contribution in [3.05, 3.63) is 12.2 Å². The van der Waals surface area contributed by atoms with Gasteiger partial charge in [-0.3, -0.25) is 4.99 Å². The van der Waals surface area contributed by atoms with Crippen molar-refractivity contribution in [2.24, 2.45) is 4.99 Å². The van der Waals surface area contributed by atoms with E-state index in [4.69, 9.17) is 4.52 Å². The standard InChI is InChI=1S/C10H16N4OS/c1-3-10(2)6-16-9(14-10)11-5-4-8-12-7-13-15-8/h7H,3-6H2,1-2H3,(H,11,14). The van der Waals surface area contributed by atoms with E-state index in [2.05, 4.69) is 34.3 Å². The maximum absolute atomic E-state index is 4.90. The van der Waals surface area contributed by atoms with E-state index in [1.54, 1.807) is 11.8 Å². The highest BCUT2D eigenvalue weighted by molar-refractivity contribution is 8.14. The van der Waals surface area contributed by atoms with Gasteiger partial charge in [0.25, 0.3) is 0 Å². The molecule has 6 heteroatoms. The second-order valence-corrected chi connectivity index (χ2v) is 5.06. The summed E-state index contributed by atoms with van der Waals surface area (Å²) in [5.74, 6) is 1.73. The van der Waals surface area contributed by atoms with Crippen LogP contribution in [0.1, 0.15) is 26.2 Å². The molecule has 0 radical (unpaired) electrons. The Bertz CT molecular complexity index is 365. The summed E-state index contributed by atoms with van der Waals surface area (Å²) in [4.78, 5) is 8.43. The minimum atomic E-state index is 0.202. The predicted molar refractivity (Wildman–Crippen MR) is 64.6 cm³/mol. The lowest BCUT2D eigenvalue weighted by Crippen LogP contribution is -2.39. The molecule has 0 saturated carbocycles. The Kier molecular flexibility index (Phi) is 3.48. The Morgan fingerprint density at radius 2 is 2.56 bits per heavy atom. The fourth-order valence-corrected chi connectivity index (χ4v) is 2.63. The van der Waals surface area contributed by atoms with E-state index in [0.717, 1.165) is 17.3 Å². The van der Waals surface area contributed by atoms with Crippen molar-refractivity contribution in [3.8, 4) is 0 Å². The zero-order valence-electron chi connectivity index (χ0n) is 9.56. The highest BCUT2D eigenvalue weighted by Gasteiger charge is 2.30. The summed E-state index contributed by atoms with van der Waals surface area (Å²) < 4.78 is 4.90. The second kappa shape index (κ2) is 4.86. The number of aliphatic imine (C=N–C) groups is 1. The number of rotatable bonds is 4. The van der Waals surface area contributed by atoms with Crippen LogP contribution >= 0.6 is 11.8 Å². The van der Waals surface area contributed by atoms with Gasteiger partial charge in [-0.1, -0.05) is 23.8 Å². The van der Waals surface area contributed by atoms with E-state index in [9.17, 15) is 0 Å². The summed E-state index contributed by atoms with van der Waals surface area (Å²) >= 11 is 1.78. The number of hydrogen-bond acceptors (Lipinski definition) is 5. The van der Waals surface area contributed by atoms with Crippen molar-refractivity contribution in [2.75, 3.05) is 12.3 Å². The maximum Gasteiger partial charge on any atom is 0.228 e. The zero-order chi connectivity index (χ0) is 11.4. The van der Waals surface area contributed by atoms with Crippen LogP contribution in [0.2, 0.25) is 0 Å². The third kappa shape index (κ3) is 2.75. The number of aromatic nitrogens is 2. The van der Waals surface area contributed by atoms with Gasteiger partial charge in [0.2, 0.25) is 5.89 Å². The van der Waals surface area contributed by atoms with E-state index in [0.29, 0.717) is 18.9 Å². The number of thioether (sulfide) groups is 1. The van der Waals surface area contributed by atoms with Gasteiger partial charge in [0.05, 0.1) is 6.54 Å². The molecule has 1 aliphatic rings. The molecule has 5 nitrogen and oxygen atoms in total. The Morgan fingerprint density at radius 3 is 3.19 bits per heavy atom.